The summed E-state index contributed by atoms with van der Waals surface area (Å²) in [6.45, 7) is 0.665. The number of hydrogen-bond acceptors (Lipinski definition) is 4. The number of nitrogens with zero attached hydrogens (tertiary/aromatic N) is 2. The normalized spacial score (nSPS) is 10.2. The number of carbonyl (C=O) groups excluding carboxylic acids is 2. The first kappa shape index (κ1) is 17.6. The Morgan fingerprint density at radius 3 is 2.54 bits per heavy atom. The molecule has 24 heavy (non-hydrogen) atoms. The van der Waals surface area contributed by atoms with Crippen LogP contribution in [0.15, 0.2) is 48.8 Å². The number of amides is 1. The zero-order valence-corrected chi connectivity index (χ0v) is 13.4. The molecule has 2 aromatic rings. The van der Waals surface area contributed by atoms with E-state index < -0.39 is 0 Å². The van der Waals surface area contributed by atoms with E-state index in [-0.39, 0.29) is 30.7 Å². The molecule has 0 unspecified atom stereocenters. The van der Waals surface area contributed by atoms with Crippen LogP contribution in [0.5, 0.6) is 0 Å². The maximum Gasteiger partial charge on any atom is 0.307 e. The lowest BCUT2D eigenvalue weighted by Gasteiger charge is -2.22. The number of methoxy groups -OCH3 is 1. The van der Waals surface area contributed by atoms with Gasteiger partial charge in [0.05, 0.1) is 19.1 Å². The average Bonchev–Trinajstić information content (AvgIpc) is 2.63. The minimum atomic E-state index is -0.374. The molecule has 0 saturated heterocycles. The maximum absolute atomic E-state index is 13.0. The molecule has 5 nitrogen and oxygen atoms in total. The first-order valence-electron chi connectivity index (χ1n) is 7.60. The van der Waals surface area contributed by atoms with Gasteiger partial charge in [-0.15, -0.1) is 0 Å². The number of hydrogen-bond donors (Lipinski definition) is 0. The lowest BCUT2D eigenvalue weighted by Crippen LogP contribution is -2.35. The predicted octanol–water partition coefficient (Wildman–Crippen LogP) is 2.47. The third-order valence-corrected chi connectivity index (χ3v) is 3.59. The van der Waals surface area contributed by atoms with Crippen LogP contribution < -0.4 is 0 Å². The fourth-order valence-corrected chi connectivity index (χ4v) is 2.23. The van der Waals surface area contributed by atoms with Gasteiger partial charge in [-0.3, -0.25) is 14.6 Å². The molecular formula is C18H19FN2O3. The van der Waals surface area contributed by atoms with Crippen LogP contribution in [-0.4, -0.2) is 42.0 Å². The summed E-state index contributed by atoms with van der Waals surface area (Å²) in [6, 6.07) is 9.50. The molecule has 0 N–H and O–H groups in total. The highest BCUT2D eigenvalue weighted by molar-refractivity contribution is 5.94. The Morgan fingerprint density at radius 2 is 1.92 bits per heavy atom. The Morgan fingerprint density at radius 1 is 1.17 bits per heavy atom. The van der Waals surface area contributed by atoms with Gasteiger partial charge in [-0.1, -0.05) is 12.1 Å². The highest BCUT2D eigenvalue weighted by atomic mass is 19.1. The third-order valence-electron chi connectivity index (χ3n) is 3.59. The average molecular weight is 330 g/mol. The molecule has 1 amide bonds. The number of halogens is 1. The van der Waals surface area contributed by atoms with Gasteiger partial charge in [0.2, 0.25) is 0 Å². The molecule has 0 aliphatic carbocycles. The lowest BCUT2D eigenvalue weighted by atomic mass is 10.1. The molecule has 0 radical (unpaired) electrons. The molecule has 1 heterocycles. The van der Waals surface area contributed by atoms with Crippen LogP contribution in [0.25, 0.3) is 0 Å². The highest BCUT2D eigenvalue weighted by Gasteiger charge is 2.17. The van der Waals surface area contributed by atoms with Gasteiger partial charge in [0.25, 0.3) is 5.91 Å². The molecule has 0 spiro atoms. The molecule has 2 rings (SSSR count). The quantitative estimate of drug-likeness (QED) is 0.732. The smallest absolute Gasteiger partial charge is 0.307 e. The van der Waals surface area contributed by atoms with Gasteiger partial charge >= 0.3 is 5.97 Å². The van der Waals surface area contributed by atoms with E-state index in [4.69, 9.17) is 0 Å². The van der Waals surface area contributed by atoms with Crippen LogP contribution in [0.1, 0.15) is 22.3 Å². The van der Waals surface area contributed by atoms with Gasteiger partial charge in [-0.2, -0.15) is 0 Å². The molecule has 1 aromatic heterocycles. The Bertz CT molecular complexity index is 674. The van der Waals surface area contributed by atoms with Crippen LogP contribution in [0.3, 0.4) is 0 Å². The summed E-state index contributed by atoms with van der Waals surface area (Å²) in [6.07, 6.45) is 3.76. The van der Waals surface area contributed by atoms with Crippen LogP contribution in [0.4, 0.5) is 4.39 Å². The molecule has 126 valence electrons. The van der Waals surface area contributed by atoms with Crippen molar-refractivity contribution in [1.82, 2.24) is 9.88 Å². The molecule has 0 saturated carbocycles. The summed E-state index contributed by atoms with van der Waals surface area (Å²) in [5.74, 6) is -0.873. The molecular weight excluding hydrogens is 311 g/mol. The highest BCUT2D eigenvalue weighted by Crippen LogP contribution is 2.09. The molecule has 0 aliphatic rings. The van der Waals surface area contributed by atoms with Gasteiger partial charge in [0.1, 0.15) is 5.82 Å². The second-order valence-electron chi connectivity index (χ2n) is 5.24. The third kappa shape index (κ3) is 5.15. The Labute approximate surface area is 140 Å². The zero-order valence-electron chi connectivity index (χ0n) is 13.4. The van der Waals surface area contributed by atoms with Gasteiger partial charge in [0.15, 0.2) is 0 Å². The fraction of sp³-hybridized carbons (Fsp3) is 0.278. The summed E-state index contributed by atoms with van der Waals surface area (Å²) in [7, 11) is 1.31. The summed E-state index contributed by atoms with van der Waals surface area (Å²) in [5, 5.41) is 0. The number of aromatic nitrogens is 1. The number of esters is 1. The van der Waals surface area contributed by atoms with Crippen molar-refractivity contribution in [3.8, 4) is 0 Å². The SMILES string of the molecule is COC(=O)CCN(CCc1ccc(F)cc1)C(=O)c1cccnc1. The van der Waals surface area contributed by atoms with E-state index in [0.717, 1.165) is 5.56 Å². The Balaban J connectivity index is 2.05. The van der Waals surface area contributed by atoms with Crippen LogP contribution in [0, 0.1) is 5.82 Å². The topological polar surface area (TPSA) is 59.5 Å². The van der Waals surface area contributed by atoms with E-state index in [9.17, 15) is 14.0 Å². The number of rotatable bonds is 7. The maximum atomic E-state index is 13.0. The van der Waals surface area contributed by atoms with Crippen molar-refractivity contribution in [3.63, 3.8) is 0 Å². The largest absolute Gasteiger partial charge is 0.469 e. The van der Waals surface area contributed by atoms with E-state index in [0.29, 0.717) is 18.5 Å². The van der Waals surface area contributed by atoms with Gasteiger partial charge in [0, 0.05) is 25.5 Å². The standard InChI is InChI=1S/C18H19FN2O3/c1-24-17(22)9-12-21(18(23)15-3-2-10-20-13-15)11-8-14-4-6-16(19)7-5-14/h2-7,10,13H,8-9,11-12H2,1H3. The number of pyridine rings is 1. The number of carbonyl (C=O) groups is 2. The minimum absolute atomic E-state index is 0.117. The number of benzene rings is 1. The first-order valence-corrected chi connectivity index (χ1v) is 7.60. The van der Waals surface area contributed by atoms with Crippen molar-refractivity contribution in [2.24, 2.45) is 0 Å². The molecule has 6 heteroatoms. The fourth-order valence-electron chi connectivity index (χ4n) is 2.23. The van der Waals surface area contributed by atoms with Crippen molar-refractivity contribution in [2.75, 3.05) is 20.2 Å². The second kappa shape index (κ2) is 8.76. The van der Waals surface area contributed by atoms with Crippen molar-refractivity contribution in [2.45, 2.75) is 12.8 Å². The van der Waals surface area contributed by atoms with Gasteiger partial charge in [-0.25, -0.2) is 4.39 Å². The summed E-state index contributed by atoms with van der Waals surface area (Å²) in [4.78, 5) is 29.5. The molecule has 0 atom stereocenters. The van der Waals surface area contributed by atoms with Crippen molar-refractivity contribution < 1.29 is 18.7 Å². The van der Waals surface area contributed by atoms with Crippen LogP contribution >= 0.6 is 0 Å². The van der Waals surface area contributed by atoms with E-state index >= 15 is 0 Å². The summed E-state index contributed by atoms with van der Waals surface area (Å²) >= 11 is 0. The number of ether oxygens (including phenoxy) is 1. The van der Waals surface area contributed by atoms with Gasteiger partial charge in [-0.05, 0) is 36.2 Å². The lowest BCUT2D eigenvalue weighted by molar-refractivity contribution is -0.140. The summed E-state index contributed by atoms with van der Waals surface area (Å²) < 4.78 is 17.6. The van der Waals surface area contributed by atoms with Crippen LogP contribution in [0.2, 0.25) is 0 Å². The van der Waals surface area contributed by atoms with E-state index in [1.165, 1.54) is 25.4 Å². The van der Waals surface area contributed by atoms with Crippen molar-refractivity contribution in [3.05, 3.63) is 65.7 Å². The molecule has 0 aliphatic heterocycles. The van der Waals surface area contributed by atoms with Crippen molar-refractivity contribution >= 4 is 11.9 Å². The second-order valence-corrected chi connectivity index (χ2v) is 5.24. The monoisotopic (exact) mass is 330 g/mol. The van der Waals surface area contributed by atoms with Crippen LogP contribution in [-0.2, 0) is 16.0 Å². The molecule has 1 aromatic carbocycles. The molecule has 0 fully saturated rings. The van der Waals surface area contributed by atoms with E-state index in [2.05, 4.69) is 9.72 Å². The first-order chi connectivity index (χ1) is 11.6. The zero-order chi connectivity index (χ0) is 17.4. The molecule has 0 bridgehead atoms. The summed E-state index contributed by atoms with van der Waals surface area (Å²) in [5.41, 5.74) is 1.37. The Hall–Kier alpha value is -2.76. The van der Waals surface area contributed by atoms with Crippen molar-refractivity contribution in [1.29, 1.82) is 0 Å². The van der Waals surface area contributed by atoms with E-state index in [1.54, 1.807) is 35.4 Å². The van der Waals surface area contributed by atoms with E-state index in [1.807, 2.05) is 0 Å². The Kier molecular flexibility index (Phi) is 6.42. The minimum Gasteiger partial charge on any atom is -0.469 e. The van der Waals surface area contributed by atoms with Gasteiger partial charge < -0.3 is 9.64 Å². The predicted molar refractivity (Wildman–Crippen MR) is 86.9 cm³/mol.